The van der Waals surface area contributed by atoms with E-state index >= 15 is 0 Å². The fraction of sp³-hybridized carbons (Fsp3) is 0.444. The number of benzene rings is 1. The van der Waals surface area contributed by atoms with Crippen molar-refractivity contribution in [1.29, 1.82) is 0 Å². The first-order chi connectivity index (χ1) is 10.3. The third-order valence-corrected chi connectivity index (χ3v) is 5.01. The summed E-state index contributed by atoms with van der Waals surface area (Å²) in [6, 6.07) is 7.55. The zero-order chi connectivity index (χ0) is 14.2. The normalized spacial score (nSPS) is 24.6. The first-order valence-electron chi connectivity index (χ1n) is 7.96. The molecule has 21 heavy (non-hydrogen) atoms. The van der Waals surface area contributed by atoms with Crippen LogP contribution in [0.1, 0.15) is 66.6 Å². The number of aromatic nitrogens is 2. The molecule has 1 N–H and O–H groups in total. The van der Waals surface area contributed by atoms with Gasteiger partial charge in [0, 0.05) is 30.7 Å². The van der Waals surface area contributed by atoms with Crippen LogP contribution in [0, 0.1) is 0 Å². The van der Waals surface area contributed by atoms with Crippen LogP contribution in [-0.2, 0) is 6.42 Å². The Morgan fingerprint density at radius 2 is 2.24 bits per heavy atom. The van der Waals surface area contributed by atoms with E-state index in [-0.39, 0.29) is 6.04 Å². The van der Waals surface area contributed by atoms with Gasteiger partial charge in [-0.2, -0.15) is 0 Å². The second-order valence-corrected chi connectivity index (χ2v) is 6.32. The molecule has 0 amide bonds. The van der Waals surface area contributed by atoms with E-state index in [0.717, 1.165) is 11.6 Å². The fourth-order valence-corrected chi connectivity index (χ4v) is 4.06. The first-order valence-corrected chi connectivity index (χ1v) is 7.96. The van der Waals surface area contributed by atoms with Crippen molar-refractivity contribution in [2.45, 2.75) is 50.6 Å². The monoisotopic (exact) mass is 279 g/mol. The standard InChI is InChI=1S/C18H21N3/c1-12(17-11-19-8-9-20-17)21-16-10-14-6-2-4-13-5-3-7-15(16)18(13)14/h3,5,7-9,11-12,14,16,21H,2,4,6,10H2,1H3. The van der Waals surface area contributed by atoms with Crippen LogP contribution in [0.2, 0.25) is 0 Å². The van der Waals surface area contributed by atoms with E-state index < -0.39 is 0 Å². The molecule has 1 aromatic carbocycles. The molecule has 0 fully saturated rings. The molecule has 0 spiro atoms. The number of aryl methyl sites for hydroxylation is 1. The molecule has 2 aliphatic rings. The van der Waals surface area contributed by atoms with Crippen molar-refractivity contribution in [3.8, 4) is 0 Å². The molecule has 1 aromatic heterocycles. The van der Waals surface area contributed by atoms with Gasteiger partial charge < -0.3 is 5.32 Å². The van der Waals surface area contributed by atoms with Gasteiger partial charge in [0.2, 0.25) is 0 Å². The Kier molecular flexibility index (Phi) is 3.23. The maximum atomic E-state index is 4.42. The van der Waals surface area contributed by atoms with Crippen molar-refractivity contribution in [3.63, 3.8) is 0 Å². The van der Waals surface area contributed by atoms with Crippen LogP contribution in [0.3, 0.4) is 0 Å². The molecular formula is C18H21N3. The Balaban J connectivity index is 1.60. The molecule has 0 bridgehead atoms. The highest BCUT2D eigenvalue weighted by molar-refractivity contribution is 5.45. The highest BCUT2D eigenvalue weighted by Gasteiger charge is 2.34. The van der Waals surface area contributed by atoms with Crippen LogP contribution >= 0.6 is 0 Å². The van der Waals surface area contributed by atoms with Gasteiger partial charge in [0.05, 0.1) is 5.69 Å². The van der Waals surface area contributed by atoms with Crippen molar-refractivity contribution in [2.75, 3.05) is 0 Å². The fourth-order valence-electron chi connectivity index (χ4n) is 4.06. The molecule has 2 aliphatic carbocycles. The maximum Gasteiger partial charge on any atom is 0.0753 e. The maximum absolute atomic E-state index is 4.42. The molecule has 2 aromatic rings. The van der Waals surface area contributed by atoms with Gasteiger partial charge in [0.15, 0.2) is 0 Å². The molecule has 0 saturated heterocycles. The van der Waals surface area contributed by atoms with Crippen LogP contribution in [0.25, 0.3) is 0 Å². The van der Waals surface area contributed by atoms with E-state index in [1.54, 1.807) is 23.5 Å². The second-order valence-electron chi connectivity index (χ2n) is 6.32. The zero-order valence-electron chi connectivity index (χ0n) is 12.4. The largest absolute Gasteiger partial charge is 0.302 e. The third kappa shape index (κ3) is 2.26. The molecule has 0 radical (unpaired) electrons. The van der Waals surface area contributed by atoms with Crippen LogP contribution in [0.15, 0.2) is 36.8 Å². The van der Waals surface area contributed by atoms with Crippen molar-refractivity contribution < 1.29 is 0 Å². The molecular weight excluding hydrogens is 258 g/mol. The summed E-state index contributed by atoms with van der Waals surface area (Å²) in [5, 5.41) is 3.77. The summed E-state index contributed by atoms with van der Waals surface area (Å²) < 4.78 is 0. The van der Waals surface area contributed by atoms with E-state index in [9.17, 15) is 0 Å². The van der Waals surface area contributed by atoms with Gasteiger partial charge >= 0.3 is 0 Å². The van der Waals surface area contributed by atoms with Gasteiger partial charge in [-0.1, -0.05) is 18.2 Å². The number of hydrogen-bond acceptors (Lipinski definition) is 3. The molecule has 3 atom stereocenters. The highest BCUT2D eigenvalue weighted by atomic mass is 15.0. The summed E-state index contributed by atoms with van der Waals surface area (Å²) in [6.45, 7) is 2.18. The molecule has 4 rings (SSSR count). The summed E-state index contributed by atoms with van der Waals surface area (Å²) >= 11 is 0. The van der Waals surface area contributed by atoms with Gasteiger partial charge in [0.1, 0.15) is 0 Å². The first kappa shape index (κ1) is 13.0. The molecule has 3 nitrogen and oxygen atoms in total. The Labute approximate surface area is 125 Å². The van der Waals surface area contributed by atoms with Crippen molar-refractivity contribution in [3.05, 3.63) is 59.2 Å². The van der Waals surface area contributed by atoms with E-state index in [4.69, 9.17) is 0 Å². The van der Waals surface area contributed by atoms with Gasteiger partial charge in [0.25, 0.3) is 0 Å². The number of hydrogen-bond donors (Lipinski definition) is 1. The van der Waals surface area contributed by atoms with Gasteiger partial charge in [-0.3, -0.25) is 9.97 Å². The van der Waals surface area contributed by atoms with E-state index in [1.807, 2.05) is 6.20 Å². The van der Waals surface area contributed by atoms with Gasteiger partial charge in [-0.25, -0.2) is 0 Å². The van der Waals surface area contributed by atoms with Crippen molar-refractivity contribution >= 4 is 0 Å². The SMILES string of the molecule is CC(NC1CC2CCCc3cccc1c32)c1cnccn1. The Bertz CT molecular complexity index is 638. The highest BCUT2D eigenvalue weighted by Crippen LogP contribution is 2.47. The smallest absolute Gasteiger partial charge is 0.0753 e. The van der Waals surface area contributed by atoms with E-state index in [0.29, 0.717) is 6.04 Å². The summed E-state index contributed by atoms with van der Waals surface area (Å²) in [7, 11) is 0. The third-order valence-electron chi connectivity index (χ3n) is 5.01. The number of nitrogens with one attached hydrogen (secondary N) is 1. The number of nitrogens with zero attached hydrogens (tertiary/aromatic N) is 2. The lowest BCUT2D eigenvalue weighted by atomic mass is 9.84. The minimum Gasteiger partial charge on any atom is -0.302 e. The average molecular weight is 279 g/mol. The lowest BCUT2D eigenvalue weighted by molar-refractivity contribution is 0.423. The van der Waals surface area contributed by atoms with Crippen molar-refractivity contribution in [1.82, 2.24) is 15.3 Å². The summed E-state index contributed by atoms with van der Waals surface area (Å²) in [4.78, 5) is 8.60. The minimum atomic E-state index is 0.236. The topological polar surface area (TPSA) is 37.8 Å². The zero-order valence-corrected chi connectivity index (χ0v) is 12.4. The molecule has 0 aliphatic heterocycles. The van der Waals surface area contributed by atoms with Crippen molar-refractivity contribution in [2.24, 2.45) is 0 Å². The van der Waals surface area contributed by atoms with Crippen LogP contribution < -0.4 is 5.32 Å². The summed E-state index contributed by atoms with van der Waals surface area (Å²) in [6.07, 6.45) is 10.5. The summed E-state index contributed by atoms with van der Waals surface area (Å²) in [5.41, 5.74) is 5.77. The predicted octanol–water partition coefficient (Wildman–Crippen LogP) is 3.69. The van der Waals surface area contributed by atoms with E-state index in [1.165, 1.54) is 31.2 Å². The van der Waals surface area contributed by atoms with Crippen LogP contribution in [0.4, 0.5) is 0 Å². The lowest BCUT2D eigenvalue weighted by Crippen LogP contribution is -2.24. The van der Waals surface area contributed by atoms with Crippen LogP contribution in [-0.4, -0.2) is 9.97 Å². The Morgan fingerprint density at radius 1 is 1.29 bits per heavy atom. The second kappa shape index (κ2) is 5.23. The molecule has 0 saturated carbocycles. The van der Waals surface area contributed by atoms with Gasteiger partial charge in [-0.15, -0.1) is 0 Å². The molecule has 3 heteroatoms. The molecule has 1 heterocycles. The Morgan fingerprint density at radius 3 is 3.10 bits per heavy atom. The van der Waals surface area contributed by atoms with Gasteiger partial charge in [-0.05, 0) is 55.2 Å². The Hall–Kier alpha value is -1.74. The average Bonchev–Trinajstić information content (AvgIpc) is 2.89. The van der Waals surface area contributed by atoms with Crippen LogP contribution in [0.5, 0.6) is 0 Å². The lowest BCUT2D eigenvalue weighted by Gasteiger charge is -2.20. The summed E-state index contributed by atoms with van der Waals surface area (Å²) in [5.74, 6) is 0.761. The quantitative estimate of drug-likeness (QED) is 0.931. The minimum absolute atomic E-state index is 0.236. The molecule has 108 valence electrons. The number of rotatable bonds is 3. The van der Waals surface area contributed by atoms with E-state index in [2.05, 4.69) is 40.4 Å². The molecule has 3 unspecified atom stereocenters. The predicted molar refractivity (Wildman–Crippen MR) is 83.1 cm³/mol.